The lowest BCUT2D eigenvalue weighted by Crippen LogP contribution is -2.21. The Bertz CT molecular complexity index is 290. The Kier molecular flexibility index (Phi) is 2.73. The van der Waals surface area contributed by atoms with E-state index in [-0.39, 0.29) is 5.69 Å². The van der Waals surface area contributed by atoms with Gasteiger partial charge in [0.1, 0.15) is 12.0 Å². The zero-order valence-corrected chi connectivity index (χ0v) is 8.82. The van der Waals surface area contributed by atoms with Gasteiger partial charge in [-0.15, -0.1) is 0 Å². The topological polar surface area (TPSA) is 68.9 Å². The molecule has 0 bridgehead atoms. The SMILES string of the molecule is O=[N+]([O-])C(Br)(Br)c1ccncn1. The summed E-state index contributed by atoms with van der Waals surface area (Å²) >= 11 is 5.76. The maximum atomic E-state index is 10.5. The summed E-state index contributed by atoms with van der Waals surface area (Å²) in [6, 6.07) is 1.45. The predicted molar refractivity (Wildman–Crippen MR) is 48.6 cm³/mol. The minimum absolute atomic E-state index is 0.252. The molecule has 12 heavy (non-hydrogen) atoms. The van der Waals surface area contributed by atoms with E-state index < -0.39 is 8.28 Å². The molecule has 5 nitrogen and oxygen atoms in total. The summed E-state index contributed by atoms with van der Waals surface area (Å²) in [6.45, 7) is 0. The van der Waals surface area contributed by atoms with Crippen molar-refractivity contribution in [1.82, 2.24) is 9.97 Å². The van der Waals surface area contributed by atoms with Crippen molar-refractivity contribution in [2.24, 2.45) is 0 Å². The molecular formula is C5H3Br2N3O2. The lowest BCUT2D eigenvalue weighted by atomic mass is 10.4. The zero-order chi connectivity index (χ0) is 9.19. The van der Waals surface area contributed by atoms with Crippen molar-refractivity contribution in [3.63, 3.8) is 0 Å². The number of nitro groups is 1. The van der Waals surface area contributed by atoms with Crippen LogP contribution >= 0.6 is 31.9 Å². The number of halogens is 2. The number of alkyl halides is 2. The predicted octanol–water partition coefficient (Wildman–Crippen LogP) is 1.65. The summed E-state index contributed by atoms with van der Waals surface area (Å²) in [5, 5.41) is 10.5. The molecule has 0 saturated heterocycles. The third kappa shape index (κ3) is 1.78. The van der Waals surface area contributed by atoms with Crippen LogP contribution in [0.1, 0.15) is 5.69 Å². The molecule has 0 aromatic carbocycles. The van der Waals surface area contributed by atoms with Crippen molar-refractivity contribution in [2.75, 3.05) is 0 Å². The van der Waals surface area contributed by atoms with Crippen molar-refractivity contribution in [3.05, 3.63) is 34.4 Å². The first kappa shape index (κ1) is 9.53. The minimum Gasteiger partial charge on any atom is -0.262 e. The Morgan fingerprint density at radius 1 is 1.58 bits per heavy atom. The number of hydrogen-bond acceptors (Lipinski definition) is 4. The van der Waals surface area contributed by atoms with Gasteiger partial charge in [0, 0.05) is 38.1 Å². The van der Waals surface area contributed by atoms with Gasteiger partial charge in [-0.3, -0.25) is 10.1 Å². The van der Waals surface area contributed by atoms with Gasteiger partial charge in [-0.2, -0.15) is 0 Å². The zero-order valence-electron chi connectivity index (χ0n) is 5.65. The molecule has 0 amide bonds. The molecule has 0 aliphatic heterocycles. The first-order valence-electron chi connectivity index (χ1n) is 2.84. The van der Waals surface area contributed by atoms with E-state index in [0.717, 1.165) is 0 Å². The van der Waals surface area contributed by atoms with Crippen LogP contribution in [0.25, 0.3) is 0 Å². The molecule has 0 spiro atoms. The highest BCUT2D eigenvalue weighted by atomic mass is 79.9. The van der Waals surface area contributed by atoms with Crippen LogP contribution in [0.15, 0.2) is 18.6 Å². The van der Waals surface area contributed by atoms with E-state index in [1.807, 2.05) is 0 Å². The molecule has 0 atom stereocenters. The molecule has 64 valence electrons. The van der Waals surface area contributed by atoms with Crippen LogP contribution in [0.2, 0.25) is 0 Å². The molecule has 0 unspecified atom stereocenters. The number of rotatable bonds is 2. The first-order chi connectivity index (χ1) is 5.55. The number of hydrogen-bond donors (Lipinski definition) is 0. The van der Waals surface area contributed by atoms with E-state index in [9.17, 15) is 10.1 Å². The van der Waals surface area contributed by atoms with Gasteiger partial charge in [0.2, 0.25) is 0 Å². The molecule has 0 aliphatic rings. The minimum atomic E-state index is -1.51. The molecule has 0 radical (unpaired) electrons. The van der Waals surface area contributed by atoms with Gasteiger partial charge in [0.25, 0.3) is 0 Å². The Morgan fingerprint density at radius 3 is 2.67 bits per heavy atom. The Balaban J connectivity index is 3.06. The van der Waals surface area contributed by atoms with Crippen LogP contribution in [0.4, 0.5) is 0 Å². The summed E-state index contributed by atoms with van der Waals surface area (Å²) in [7, 11) is 0. The van der Waals surface area contributed by atoms with E-state index in [1.165, 1.54) is 18.6 Å². The summed E-state index contributed by atoms with van der Waals surface area (Å²) in [6.07, 6.45) is 2.68. The van der Waals surface area contributed by atoms with Crippen LogP contribution in [-0.4, -0.2) is 14.9 Å². The van der Waals surface area contributed by atoms with E-state index in [1.54, 1.807) is 0 Å². The van der Waals surface area contributed by atoms with Gasteiger partial charge >= 0.3 is 3.36 Å². The summed E-state index contributed by atoms with van der Waals surface area (Å²) in [5.74, 6) is 0. The van der Waals surface area contributed by atoms with Crippen LogP contribution in [0.5, 0.6) is 0 Å². The van der Waals surface area contributed by atoms with Gasteiger partial charge in [-0.1, -0.05) is 0 Å². The molecule has 7 heteroatoms. The van der Waals surface area contributed by atoms with Crippen molar-refractivity contribution in [3.8, 4) is 0 Å². The molecule has 0 aliphatic carbocycles. The number of nitrogens with zero attached hydrogens (tertiary/aromatic N) is 3. The van der Waals surface area contributed by atoms with E-state index in [2.05, 4.69) is 41.8 Å². The first-order valence-corrected chi connectivity index (χ1v) is 4.42. The summed E-state index contributed by atoms with van der Waals surface area (Å²) in [4.78, 5) is 17.3. The maximum absolute atomic E-state index is 10.5. The van der Waals surface area contributed by atoms with Crippen molar-refractivity contribution < 1.29 is 4.92 Å². The Labute approximate surface area is 84.6 Å². The van der Waals surface area contributed by atoms with Crippen molar-refractivity contribution in [2.45, 2.75) is 3.36 Å². The maximum Gasteiger partial charge on any atom is 0.368 e. The summed E-state index contributed by atoms with van der Waals surface area (Å²) < 4.78 is -1.51. The normalized spacial score (nSPS) is 11.2. The van der Waals surface area contributed by atoms with Crippen molar-refractivity contribution in [1.29, 1.82) is 0 Å². The lowest BCUT2D eigenvalue weighted by Gasteiger charge is -2.09. The van der Waals surface area contributed by atoms with E-state index >= 15 is 0 Å². The van der Waals surface area contributed by atoms with Crippen LogP contribution in [0, 0.1) is 10.1 Å². The average Bonchev–Trinajstić information content (AvgIpc) is 2.06. The molecular weight excluding hydrogens is 294 g/mol. The largest absolute Gasteiger partial charge is 0.368 e. The lowest BCUT2D eigenvalue weighted by molar-refractivity contribution is -0.511. The highest BCUT2D eigenvalue weighted by molar-refractivity contribution is 9.24. The van der Waals surface area contributed by atoms with Crippen LogP contribution in [-0.2, 0) is 3.36 Å². The molecule has 1 aromatic rings. The van der Waals surface area contributed by atoms with E-state index in [0.29, 0.717) is 0 Å². The smallest absolute Gasteiger partial charge is 0.262 e. The van der Waals surface area contributed by atoms with Gasteiger partial charge in [0.15, 0.2) is 0 Å². The second-order valence-corrected chi connectivity index (χ2v) is 5.25. The highest BCUT2D eigenvalue weighted by Crippen LogP contribution is 2.36. The molecule has 0 saturated carbocycles. The molecule has 1 heterocycles. The molecule has 1 aromatic heterocycles. The Hall–Kier alpha value is -0.560. The average molecular weight is 297 g/mol. The van der Waals surface area contributed by atoms with Crippen LogP contribution < -0.4 is 0 Å². The molecule has 1 rings (SSSR count). The van der Waals surface area contributed by atoms with Gasteiger partial charge < -0.3 is 0 Å². The fraction of sp³-hybridized carbons (Fsp3) is 0.200. The third-order valence-electron chi connectivity index (χ3n) is 1.12. The quantitative estimate of drug-likeness (QED) is 0.360. The number of aromatic nitrogens is 2. The third-order valence-corrected chi connectivity index (χ3v) is 2.51. The second kappa shape index (κ2) is 3.44. The van der Waals surface area contributed by atoms with Crippen LogP contribution in [0.3, 0.4) is 0 Å². The molecule has 0 fully saturated rings. The Morgan fingerprint density at radius 2 is 2.25 bits per heavy atom. The molecule has 0 N–H and O–H groups in total. The van der Waals surface area contributed by atoms with Gasteiger partial charge in [-0.05, 0) is 6.07 Å². The van der Waals surface area contributed by atoms with Gasteiger partial charge in [0.05, 0.1) is 4.92 Å². The standard InChI is InChI=1S/C5H3Br2N3O2/c6-5(7,10(11)12)4-1-2-8-3-9-4/h1-3H. The fourth-order valence-electron chi connectivity index (χ4n) is 0.562. The van der Waals surface area contributed by atoms with Gasteiger partial charge in [-0.25, -0.2) is 9.97 Å². The van der Waals surface area contributed by atoms with E-state index in [4.69, 9.17) is 0 Å². The fourth-order valence-corrected chi connectivity index (χ4v) is 1.03. The summed E-state index contributed by atoms with van der Waals surface area (Å²) in [5.41, 5.74) is 0.252. The highest BCUT2D eigenvalue weighted by Gasteiger charge is 2.40. The second-order valence-electron chi connectivity index (χ2n) is 1.89. The monoisotopic (exact) mass is 295 g/mol. The van der Waals surface area contributed by atoms with Crippen molar-refractivity contribution >= 4 is 31.9 Å².